The number of nitrogens with one attached hydrogen (secondary N) is 1. The summed E-state index contributed by atoms with van der Waals surface area (Å²) in [5, 5.41) is 3.73. The predicted molar refractivity (Wildman–Crippen MR) is 87.5 cm³/mol. The number of halogens is 1. The fraction of sp³-hybridized carbons (Fsp3) is 0.714. The molecule has 7 heteroatoms. The molecule has 1 aromatic heterocycles. The summed E-state index contributed by atoms with van der Waals surface area (Å²) in [6, 6.07) is 0. The second-order valence-corrected chi connectivity index (χ2v) is 7.07. The minimum absolute atomic E-state index is 0. The molecule has 1 aromatic rings. The van der Waals surface area contributed by atoms with Crippen LogP contribution in [0.15, 0.2) is 6.20 Å². The maximum atomic E-state index is 12.2. The molecule has 0 radical (unpaired) electrons. The minimum Gasteiger partial charge on any atom is -0.375 e. The molecule has 0 aromatic carbocycles. The first-order valence-electron chi connectivity index (χ1n) is 7.41. The van der Waals surface area contributed by atoms with Crippen molar-refractivity contribution >= 4 is 34.8 Å². The number of aromatic nitrogens is 1. The van der Waals surface area contributed by atoms with Gasteiger partial charge in [0, 0.05) is 30.7 Å². The van der Waals surface area contributed by atoms with Gasteiger partial charge in [0.1, 0.15) is 0 Å². The second-order valence-electron chi connectivity index (χ2n) is 5.93. The number of nitrogen functional groups attached to an aromatic ring is 1. The SMILES string of the molecule is Cl.Nc1ncc(CN2CCCC(C(=O)NCC3CC3)C2)s1. The van der Waals surface area contributed by atoms with E-state index in [2.05, 4.69) is 15.2 Å². The van der Waals surface area contributed by atoms with E-state index in [1.807, 2.05) is 6.20 Å². The van der Waals surface area contributed by atoms with Crippen LogP contribution in [0.1, 0.15) is 30.6 Å². The van der Waals surface area contributed by atoms with Crippen LogP contribution in [0.25, 0.3) is 0 Å². The van der Waals surface area contributed by atoms with Crippen molar-refractivity contribution in [2.24, 2.45) is 11.8 Å². The van der Waals surface area contributed by atoms with Crippen LogP contribution in [0.2, 0.25) is 0 Å². The van der Waals surface area contributed by atoms with Crippen LogP contribution >= 0.6 is 23.7 Å². The van der Waals surface area contributed by atoms with Crippen LogP contribution in [0.5, 0.6) is 0 Å². The number of amides is 1. The van der Waals surface area contributed by atoms with E-state index in [0.717, 1.165) is 44.9 Å². The van der Waals surface area contributed by atoms with Gasteiger partial charge in [0.2, 0.25) is 5.91 Å². The smallest absolute Gasteiger partial charge is 0.224 e. The zero-order chi connectivity index (χ0) is 13.9. The van der Waals surface area contributed by atoms with E-state index in [-0.39, 0.29) is 24.2 Å². The van der Waals surface area contributed by atoms with Gasteiger partial charge in [-0.15, -0.1) is 23.7 Å². The molecule has 118 valence electrons. The molecule has 1 aliphatic heterocycles. The lowest BCUT2D eigenvalue weighted by atomic mass is 9.97. The van der Waals surface area contributed by atoms with E-state index in [9.17, 15) is 4.79 Å². The first-order chi connectivity index (χ1) is 9.70. The molecule has 1 atom stereocenters. The number of anilines is 1. The standard InChI is InChI=1S/C14H22N4OS.ClH/c15-14-17-7-12(20-14)9-18-5-1-2-11(8-18)13(19)16-6-10-3-4-10;/h7,10-11H,1-6,8-9H2,(H2,15,17)(H,16,19);1H. The Labute approximate surface area is 135 Å². The highest BCUT2D eigenvalue weighted by Gasteiger charge is 2.28. The summed E-state index contributed by atoms with van der Waals surface area (Å²) in [5.74, 6) is 1.14. The third-order valence-corrected chi connectivity index (χ3v) is 4.90. The maximum Gasteiger partial charge on any atom is 0.224 e. The lowest BCUT2D eigenvalue weighted by Gasteiger charge is -2.31. The molecule has 5 nitrogen and oxygen atoms in total. The molecule has 3 N–H and O–H groups in total. The molecule has 2 fully saturated rings. The number of hydrogen-bond acceptors (Lipinski definition) is 5. The summed E-state index contributed by atoms with van der Waals surface area (Å²) < 4.78 is 0. The quantitative estimate of drug-likeness (QED) is 0.864. The molecule has 0 bridgehead atoms. The van der Waals surface area contributed by atoms with Gasteiger partial charge in [0.25, 0.3) is 0 Å². The average Bonchev–Trinajstić information content (AvgIpc) is 3.19. The van der Waals surface area contributed by atoms with Gasteiger partial charge in [0.15, 0.2) is 5.13 Å². The molecule has 1 saturated heterocycles. The number of hydrogen-bond donors (Lipinski definition) is 2. The fourth-order valence-electron chi connectivity index (χ4n) is 2.74. The van der Waals surface area contributed by atoms with Gasteiger partial charge in [-0.1, -0.05) is 0 Å². The van der Waals surface area contributed by atoms with Crippen molar-refractivity contribution < 1.29 is 4.79 Å². The molecule has 3 rings (SSSR count). The Kier molecular flexibility index (Phi) is 5.84. The van der Waals surface area contributed by atoms with Crippen molar-refractivity contribution in [1.29, 1.82) is 0 Å². The van der Waals surface area contributed by atoms with Crippen LogP contribution in [-0.4, -0.2) is 35.4 Å². The van der Waals surface area contributed by atoms with Gasteiger partial charge < -0.3 is 11.1 Å². The van der Waals surface area contributed by atoms with Crippen molar-refractivity contribution in [2.45, 2.75) is 32.2 Å². The van der Waals surface area contributed by atoms with E-state index in [0.29, 0.717) is 5.13 Å². The normalized spacial score (nSPS) is 22.6. The average molecular weight is 331 g/mol. The highest BCUT2D eigenvalue weighted by atomic mass is 35.5. The van der Waals surface area contributed by atoms with Crippen LogP contribution in [0.3, 0.4) is 0 Å². The van der Waals surface area contributed by atoms with E-state index in [1.54, 1.807) is 0 Å². The molecule has 2 heterocycles. The summed E-state index contributed by atoms with van der Waals surface area (Å²) in [7, 11) is 0. The van der Waals surface area contributed by atoms with Crippen LogP contribution in [0, 0.1) is 11.8 Å². The summed E-state index contributed by atoms with van der Waals surface area (Å²) in [4.78, 5) is 19.8. The zero-order valence-electron chi connectivity index (χ0n) is 12.1. The van der Waals surface area contributed by atoms with Gasteiger partial charge in [-0.2, -0.15) is 0 Å². The Balaban J connectivity index is 0.00000161. The number of piperidine rings is 1. The number of nitrogens with two attached hydrogens (primary N) is 1. The Hall–Kier alpha value is -0.850. The Morgan fingerprint density at radius 2 is 2.29 bits per heavy atom. The summed E-state index contributed by atoms with van der Waals surface area (Å²) in [5.41, 5.74) is 5.66. The van der Waals surface area contributed by atoms with E-state index in [1.165, 1.54) is 29.1 Å². The minimum atomic E-state index is 0. The second kappa shape index (κ2) is 7.42. The molecule has 1 unspecified atom stereocenters. The van der Waals surface area contributed by atoms with Gasteiger partial charge in [-0.3, -0.25) is 9.69 Å². The lowest BCUT2D eigenvalue weighted by molar-refractivity contribution is -0.126. The topological polar surface area (TPSA) is 71.2 Å². The number of rotatable bonds is 5. The number of thiazole rings is 1. The molecule has 1 amide bonds. The number of carbonyl (C=O) groups is 1. The largest absolute Gasteiger partial charge is 0.375 e. The monoisotopic (exact) mass is 330 g/mol. The summed E-state index contributed by atoms with van der Waals surface area (Å²) >= 11 is 1.54. The lowest BCUT2D eigenvalue weighted by Crippen LogP contribution is -2.43. The third-order valence-electron chi connectivity index (χ3n) is 4.09. The first-order valence-corrected chi connectivity index (χ1v) is 8.22. The Morgan fingerprint density at radius 3 is 2.95 bits per heavy atom. The highest BCUT2D eigenvalue weighted by Crippen LogP contribution is 2.28. The molecule has 1 saturated carbocycles. The van der Waals surface area contributed by atoms with E-state index < -0.39 is 0 Å². The molecular weight excluding hydrogens is 308 g/mol. The Morgan fingerprint density at radius 1 is 1.48 bits per heavy atom. The number of nitrogens with zero attached hydrogens (tertiary/aromatic N) is 2. The first kappa shape index (κ1) is 16.5. The maximum absolute atomic E-state index is 12.2. The molecule has 1 aliphatic carbocycles. The van der Waals surface area contributed by atoms with Gasteiger partial charge in [0.05, 0.1) is 5.92 Å². The fourth-order valence-corrected chi connectivity index (χ4v) is 3.47. The summed E-state index contributed by atoms with van der Waals surface area (Å²) in [6.07, 6.45) is 6.51. The van der Waals surface area contributed by atoms with Crippen molar-refractivity contribution in [2.75, 3.05) is 25.4 Å². The molecule has 0 spiro atoms. The predicted octanol–water partition coefficient (Wildman–Crippen LogP) is 1.89. The van der Waals surface area contributed by atoms with Crippen molar-refractivity contribution in [3.63, 3.8) is 0 Å². The van der Waals surface area contributed by atoms with Crippen molar-refractivity contribution in [3.05, 3.63) is 11.1 Å². The highest BCUT2D eigenvalue weighted by molar-refractivity contribution is 7.15. The van der Waals surface area contributed by atoms with E-state index >= 15 is 0 Å². The molecular formula is C14H23ClN4OS. The van der Waals surface area contributed by atoms with Crippen molar-refractivity contribution in [3.8, 4) is 0 Å². The van der Waals surface area contributed by atoms with E-state index in [4.69, 9.17) is 5.73 Å². The van der Waals surface area contributed by atoms with Crippen molar-refractivity contribution in [1.82, 2.24) is 15.2 Å². The number of carbonyl (C=O) groups excluding carboxylic acids is 1. The van der Waals surface area contributed by atoms with Crippen LogP contribution in [0.4, 0.5) is 5.13 Å². The van der Waals surface area contributed by atoms with Gasteiger partial charge >= 0.3 is 0 Å². The van der Waals surface area contributed by atoms with Crippen LogP contribution in [-0.2, 0) is 11.3 Å². The third kappa shape index (κ3) is 4.83. The summed E-state index contributed by atoms with van der Waals surface area (Å²) in [6.45, 7) is 3.65. The van der Waals surface area contributed by atoms with Crippen LogP contribution < -0.4 is 11.1 Å². The number of likely N-dealkylation sites (tertiary alicyclic amines) is 1. The zero-order valence-corrected chi connectivity index (χ0v) is 13.7. The Bertz CT molecular complexity index is 477. The van der Waals surface area contributed by atoms with Gasteiger partial charge in [-0.25, -0.2) is 4.98 Å². The van der Waals surface area contributed by atoms with Gasteiger partial charge in [-0.05, 0) is 38.1 Å². The molecule has 2 aliphatic rings. The molecule has 21 heavy (non-hydrogen) atoms.